The van der Waals surface area contributed by atoms with E-state index < -0.39 is 0 Å². The minimum Gasteiger partial charge on any atom is -0.462 e. The molecule has 1 N–H and O–H groups in total. The highest BCUT2D eigenvalue weighted by Crippen LogP contribution is 2.11. The van der Waals surface area contributed by atoms with Crippen LogP contribution < -0.4 is 5.32 Å². The Labute approximate surface area is 98.9 Å². The van der Waals surface area contributed by atoms with Crippen LogP contribution in [0.15, 0.2) is 0 Å². The number of carbonyl (C=O) groups excluding carboxylic acids is 1. The molecule has 1 heterocycles. The molecule has 2 atom stereocenters. The molecule has 0 spiro atoms. The molecule has 1 rings (SSSR count). The second-order valence-electron chi connectivity index (χ2n) is 4.75. The van der Waals surface area contributed by atoms with Gasteiger partial charge in [-0.3, -0.25) is 4.79 Å². The number of rotatable bonds is 7. The average molecular weight is 227 g/mol. The summed E-state index contributed by atoms with van der Waals surface area (Å²) in [5.74, 6) is -0.0551. The molecular formula is C13H25NO2. The van der Waals surface area contributed by atoms with E-state index in [9.17, 15) is 4.79 Å². The normalized spacial score (nSPS) is 22.0. The van der Waals surface area contributed by atoms with Gasteiger partial charge in [0.25, 0.3) is 0 Å². The lowest BCUT2D eigenvalue weighted by molar-refractivity contribution is -0.150. The maximum atomic E-state index is 11.7. The zero-order valence-electron chi connectivity index (χ0n) is 10.6. The monoisotopic (exact) mass is 227 g/mol. The van der Waals surface area contributed by atoms with Gasteiger partial charge in [-0.1, -0.05) is 26.2 Å². The van der Waals surface area contributed by atoms with E-state index >= 15 is 0 Å². The number of nitrogens with one attached hydrogen (secondary N) is 1. The summed E-state index contributed by atoms with van der Waals surface area (Å²) in [7, 11) is 0. The highest BCUT2D eigenvalue weighted by molar-refractivity contribution is 5.76. The molecular weight excluding hydrogens is 202 g/mol. The fraction of sp³-hybridized carbons (Fsp3) is 0.923. The van der Waals surface area contributed by atoms with E-state index in [1.54, 1.807) is 0 Å². The Hall–Kier alpha value is -0.570. The molecule has 1 aliphatic rings. The molecule has 0 aromatic heterocycles. The molecule has 2 unspecified atom stereocenters. The quantitative estimate of drug-likeness (QED) is 0.537. The smallest absolute Gasteiger partial charge is 0.323 e. The predicted octanol–water partition coefficient (Wildman–Crippen LogP) is 2.64. The Kier molecular flexibility index (Phi) is 6.46. The molecule has 0 saturated carbocycles. The van der Waals surface area contributed by atoms with Crippen molar-refractivity contribution in [3.8, 4) is 0 Å². The van der Waals surface area contributed by atoms with Crippen LogP contribution in [0.2, 0.25) is 0 Å². The van der Waals surface area contributed by atoms with Crippen molar-refractivity contribution in [1.82, 2.24) is 5.32 Å². The predicted molar refractivity (Wildman–Crippen MR) is 65.3 cm³/mol. The number of hydrogen-bond acceptors (Lipinski definition) is 3. The van der Waals surface area contributed by atoms with E-state index in [2.05, 4.69) is 12.2 Å². The zero-order chi connectivity index (χ0) is 11.8. The minimum absolute atomic E-state index is 0.0434. The molecule has 0 radical (unpaired) electrons. The van der Waals surface area contributed by atoms with Crippen LogP contribution in [0.25, 0.3) is 0 Å². The van der Waals surface area contributed by atoms with E-state index in [-0.39, 0.29) is 18.1 Å². The van der Waals surface area contributed by atoms with E-state index in [0.717, 1.165) is 25.8 Å². The standard InChI is InChI=1S/C13H25NO2/c1-3-4-5-6-8-11(2)16-13(15)12-9-7-10-14-12/h11-12,14H,3-10H2,1-2H3. The molecule has 1 aliphatic heterocycles. The third-order valence-corrected chi connectivity index (χ3v) is 3.13. The molecule has 1 saturated heterocycles. The van der Waals surface area contributed by atoms with Gasteiger partial charge in [-0.25, -0.2) is 0 Å². The van der Waals surface area contributed by atoms with Crippen LogP contribution in [0.5, 0.6) is 0 Å². The van der Waals surface area contributed by atoms with Gasteiger partial charge in [-0.2, -0.15) is 0 Å². The second kappa shape index (κ2) is 7.66. The van der Waals surface area contributed by atoms with Crippen LogP contribution in [0.1, 0.15) is 58.8 Å². The number of unbranched alkanes of at least 4 members (excludes halogenated alkanes) is 3. The van der Waals surface area contributed by atoms with Crippen LogP contribution in [0, 0.1) is 0 Å². The van der Waals surface area contributed by atoms with Crippen molar-refractivity contribution in [2.24, 2.45) is 0 Å². The Morgan fingerprint density at radius 3 is 2.88 bits per heavy atom. The summed E-state index contributed by atoms with van der Waals surface area (Å²) in [6, 6.07) is -0.0434. The summed E-state index contributed by atoms with van der Waals surface area (Å²) in [4.78, 5) is 11.7. The lowest BCUT2D eigenvalue weighted by Gasteiger charge is -2.16. The van der Waals surface area contributed by atoms with Gasteiger partial charge >= 0.3 is 5.97 Å². The molecule has 0 bridgehead atoms. The molecule has 0 aromatic carbocycles. The van der Waals surface area contributed by atoms with Gasteiger partial charge in [0.1, 0.15) is 6.04 Å². The van der Waals surface area contributed by atoms with Gasteiger partial charge in [0.05, 0.1) is 6.10 Å². The van der Waals surface area contributed by atoms with Crippen LogP contribution in [0.3, 0.4) is 0 Å². The van der Waals surface area contributed by atoms with Crippen LogP contribution in [0.4, 0.5) is 0 Å². The largest absolute Gasteiger partial charge is 0.462 e. The Bertz CT molecular complexity index is 200. The van der Waals surface area contributed by atoms with Crippen molar-refractivity contribution in [3.63, 3.8) is 0 Å². The van der Waals surface area contributed by atoms with Crippen LogP contribution >= 0.6 is 0 Å². The van der Waals surface area contributed by atoms with Crippen molar-refractivity contribution in [3.05, 3.63) is 0 Å². The highest BCUT2D eigenvalue weighted by atomic mass is 16.5. The molecule has 94 valence electrons. The maximum Gasteiger partial charge on any atom is 0.323 e. The van der Waals surface area contributed by atoms with Crippen LogP contribution in [-0.2, 0) is 9.53 Å². The van der Waals surface area contributed by atoms with Gasteiger partial charge in [-0.15, -0.1) is 0 Å². The summed E-state index contributed by atoms with van der Waals surface area (Å²) in [5.41, 5.74) is 0. The number of esters is 1. The van der Waals surface area contributed by atoms with Crippen molar-refractivity contribution >= 4 is 5.97 Å². The van der Waals surface area contributed by atoms with E-state index in [1.807, 2.05) is 6.92 Å². The SMILES string of the molecule is CCCCCCC(C)OC(=O)C1CCCN1. The van der Waals surface area contributed by atoms with E-state index in [0.29, 0.717) is 0 Å². The first-order valence-corrected chi connectivity index (χ1v) is 6.68. The Morgan fingerprint density at radius 1 is 1.44 bits per heavy atom. The Morgan fingerprint density at radius 2 is 2.25 bits per heavy atom. The average Bonchev–Trinajstić information content (AvgIpc) is 2.77. The number of ether oxygens (including phenoxy) is 1. The fourth-order valence-electron chi connectivity index (χ4n) is 2.08. The first kappa shape index (κ1) is 13.5. The van der Waals surface area contributed by atoms with Gasteiger partial charge in [-0.05, 0) is 39.2 Å². The van der Waals surface area contributed by atoms with Crippen molar-refractivity contribution in [1.29, 1.82) is 0 Å². The topological polar surface area (TPSA) is 38.3 Å². The van der Waals surface area contributed by atoms with Gasteiger partial charge in [0.2, 0.25) is 0 Å². The molecule has 0 aliphatic carbocycles. The van der Waals surface area contributed by atoms with Crippen LogP contribution in [-0.4, -0.2) is 24.7 Å². The Balaban J connectivity index is 2.08. The number of carbonyl (C=O) groups is 1. The van der Waals surface area contributed by atoms with Crippen molar-refractivity contribution in [2.75, 3.05) is 6.54 Å². The summed E-state index contributed by atoms with van der Waals surface area (Å²) in [6.45, 7) is 5.15. The summed E-state index contributed by atoms with van der Waals surface area (Å²) in [5, 5.41) is 3.16. The van der Waals surface area contributed by atoms with Gasteiger partial charge in [0.15, 0.2) is 0 Å². The third-order valence-electron chi connectivity index (χ3n) is 3.13. The molecule has 3 heteroatoms. The molecule has 1 fully saturated rings. The fourth-order valence-corrected chi connectivity index (χ4v) is 2.08. The number of hydrogen-bond donors (Lipinski definition) is 1. The molecule has 0 aromatic rings. The highest BCUT2D eigenvalue weighted by Gasteiger charge is 2.24. The minimum atomic E-state index is -0.0551. The summed E-state index contributed by atoms with van der Waals surface area (Å²) >= 11 is 0. The van der Waals surface area contributed by atoms with Crippen molar-refractivity contribution < 1.29 is 9.53 Å². The summed E-state index contributed by atoms with van der Waals surface area (Å²) in [6.07, 6.45) is 8.04. The second-order valence-corrected chi connectivity index (χ2v) is 4.75. The third kappa shape index (κ3) is 4.97. The maximum absolute atomic E-state index is 11.7. The van der Waals surface area contributed by atoms with E-state index in [1.165, 1.54) is 25.7 Å². The van der Waals surface area contributed by atoms with E-state index in [4.69, 9.17) is 4.74 Å². The first-order valence-electron chi connectivity index (χ1n) is 6.68. The lowest BCUT2D eigenvalue weighted by atomic mass is 10.1. The molecule has 16 heavy (non-hydrogen) atoms. The van der Waals surface area contributed by atoms with Gasteiger partial charge in [0, 0.05) is 0 Å². The zero-order valence-corrected chi connectivity index (χ0v) is 10.6. The van der Waals surface area contributed by atoms with Gasteiger partial charge < -0.3 is 10.1 Å². The lowest BCUT2D eigenvalue weighted by Crippen LogP contribution is -2.34. The molecule has 3 nitrogen and oxygen atoms in total. The van der Waals surface area contributed by atoms with Crippen molar-refractivity contribution in [2.45, 2.75) is 70.9 Å². The molecule has 0 amide bonds. The summed E-state index contributed by atoms with van der Waals surface area (Å²) < 4.78 is 5.41. The first-order chi connectivity index (χ1) is 7.74.